The summed E-state index contributed by atoms with van der Waals surface area (Å²) in [5.41, 5.74) is 7.24. The van der Waals surface area contributed by atoms with E-state index < -0.39 is 11.8 Å². The van der Waals surface area contributed by atoms with E-state index in [0.29, 0.717) is 22.5 Å². The minimum atomic E-state index is -0.554. The van der Waals surface area contributed by atoms with Crippen LogP contribution in [0.3, 0.4) is 0 Å². The lowest BCUT2D eigenvalue weighted by Gasteiger charge is -2.07. The van der Waals surface area contributed by atoms with Gasteiger partial charge in [0.1, 0.15) is 12.4 Å². The highest BCUT2D eigenvalue weighted by molar-refractivity contribution is 5.91. The minimum Gasteiger partial charge on any atom is -0.457 e. The van der Waals surface area contributed by atoms with Crippen LogP contribution in [0.4, 0.5) is 10.1 Å². The van der Waals surface area contributed by atoms with Crippen molar-refractivity contribution in [2.45, 2.75) is 13.5 Å². The minimum absolute atomic E-state index is 0.0577. The van der Waals surface area contributed by atoms with Gasteiger partial charge < -0.3 is 10.5 Å². The highest BCUT2D eigenvalue weighted by Gasteiger charge is 2.12. The molecular formula is C13H12FN3O2. The van der Waals surface area contributed by atoms with E-state index in [1.54, 1.807) is 6.92 Å². The molecule has 0 bridgehead atoms. The number of halogens is 1. The number of nitrogens with two attached hydrogens (primary N) is 1. The first-order valence-electron chi connectivity index (χ1n) is 5.55. The zero-order chi connectivity index (χ0) is 13.8. The average molecular weight is 261 g/mol. The van der Waals surface area contributed by atoms with Gasteiger partial charge in [-0.25, -0.2) is 9.18 Å². The predicted octanol–water partition coefficient (Wildman–Crippen LogP) is 1.86. The molecule has 0 fully saturated rings. The van der Waals surface area contributed by atoms with E-state index in [-0.39, 0.29) is 6.61 Å². The number of nitrogen functional groups attached to an aromatic ring is 1. The number of anilines is 1. The van der Waals surface area contributed by atoms with Gasteiger partial charge in [-0.3, -0.25) is 9.97 Å². The standard InChI is InChI=1S/C13H12FN3O2/c1-8-12(3-11(15)6-17-8)13(18)19-7-9-2-10(14)5-16-4-9/h2-6H,7,15H2,1H3. The topological polar surface area (TPSA) is 78.1 Å². The zero-order valence-electron chi connectivity index (χ0n) is 10.3. The largest absolute Gasteiger partial charge is 0.457 e. The molecule has 0 atom stereocenters. The number of aromatic nitrogens is 2. The van der Waals surface area contributed by atoms with Crippen molar-refractivity contribution < 1.29 is 13.9 Å². The van der Waals surface area contributed by atoms with Gasteiger partial charge in [-0.2, -0.15) is 0 Å². The summed E-state index contributed by atoms with van der Waals surface area (Å²) in [6, 6.07) is 2.75. The number of esters is 1. The lowest BCUT2D eigenvalue weighted by atomic mass is 10.2. The van der Waals surface area contributed by atoms with Crippen molar-refractivity contribution >= 4 is 11.7 Å². The van der Waals surface area contributed by atoms with Crippen LogP contribution in [-0.2, 0) is 11.3 Å². The SMILES string of the molecule is Cc1ncc(N)cc1C(=O)OCc1cncc(F)c1. The van der Waals surface area contributed by atoms with Gasteiger partial charge in [0.2, 0.25) is 0 Å². The number of nitrogens with zero attached hydrogens (tertiary/aromatic N) is 2. The quantitative estimate of drug-likeness (QED) is 0.853. The predicted molar refractivity (Wildman–Crippen MR) is 66.7 cm³/mol. The molecule has 0 spiro atoms. The molecule has 2 aromatic heterocycles. The van der Waals surface area contributed by atoms with Crippen molar-refractivity contribution in [3.8, 4) is 0 Å². The van der Waals surface area contributed by atoms with Gasteiger partial charge in [-0.05, 0) is 19.1 Å². The van der Waals surface area contributed by atoms with Crippen LogP contribution in [0.5, 0.6) is 0 Å². The molecule has 0 radical (unpaired) electrons. The Morgan fingerprint density at radius 3 is 2.89 bits per heavy atom. The van der Waals surface area contributed by atoms with Crippen LogP contribution >= 0.6 is 0 Å². The molecule has 0 saturated heterocycles. The fourth-order valence-electron chi connectivity index (χ4n) is 1.52. The smallest absolute Gasteiger partial charge is 0.340 e. The maximum absolute atomic E-state index is 12.9. The molecule has 2 N–H and O–H groups in total. The Labute approximate surface area is 109 Å². The second kappa shape index (κ2) is 5.43. The molecule has 0 saturated carbocycles. The number of hydrogen-bond acceptors (Lipinski definition) is 5. The van der Waals surface area contributed by atoms with Crippen LogP contribution < -0.4 is 5.73 Å². The Bertz CT molecular complexity index is 617. The Hall–Kier alpha value is -2.50. The number of rotatable bonds is 3. The Morgan fingerprint density at radius 1 is 1.37 bits per heavy atom. The summed E-state index contributed by atoms with van der Waals surface area (Å²) in [6.07, 6.45) is 3.97. The molecule has 19 heavy (non-hydrogen) atoms. The number of ether oxygens (including phenoxy) is 1. The zero-order valence-corrected chi connectivity index (χ0v) is 10.3. The fraction of sp³-hybridized carbons (Fsp3) is 0.154. The third kappa shape index (κ3) is 3.25. The molecule has 0 aliphatic carbocycles. The van der Waals surface area contributed by atoms with Gasteiger partial charge in [-0.1, -0.05) is 0 Å². The number of carbonyl (C=O) groups is 1. The molecule has 2 rings (SSSR count). The van der Waals surface area contributed by atoms with Crippen molar-refractivity contribution in [2.24, 2.45) is 0 Å². The molecule has 98 valence electrons. The Kier molecular flexibility index (Phi) is 3.70. The molecule has 5 nitrogen and oxygen atoms in total. The first-order chi connectivity index (χ1) is 9.06. The highest BCUT2D eigenvalue weighted by atomic mass is 19.1. The molecule has 6 heteroatoms. The van der Waals surface area contributed by atoms with Gasteiger partial charge >= 0.3 is 5.97 Å². The Balaban J connectivity index is 2.07. The summed E-state index contributed by atoms with van der Waals surface area (Å²) < 4.78 is 18.0. The van der Waals surface area contributed by atoms with Gasteiger partial charge in [0.05, 0.1) is 29.3 Å². The summed E-state index contributed by atoms with van der Waals surface area (Å²) in [5.74, 6) is -1.03. The van der Waals surface area contributed by atoms with Crippen molar-refractivity contribution in [1.82, 2.24) is 9.97 Å². The fourth-order valence-corrected chi connectivity index (χ4v) is 1.52. The molecule has 0 aliphatic heterocycles. The lowest BCUT2D eigenvalue weighted by molar-refractivity contribution is 0.0470. The summed E-state index contributed by atoms with van der Waals surface area (Å²) in [7, 11) is 0. The highest BCUT2D eigenvalue weighted by Crippen LogP contribution is 2.12. The maximum Gasteiger partial charge on any atom is 0.340 e. The van der Waals surface area contributed by atoms with Crippen LogP contribution in [0.1, 0.15) is 21.6 Å². The van der Waals surface area contributed by atoms with Crippen LogP contribution in [0, 0.1) is 12.7 Å². The van der Waals surface area contributed by atoms with Gasteiger partial charge in [0.25, 0.3) is 0 Å². The number of hydrogen-bond donors (Lipinski definition) is 1. The van der Waals surface area contributed by atoms with Crippen molar-refractivity contribution in [1.29, 1.82) is 0 Å². The number of carbonyl (C=O) groups excluding carboxylic acids is 1. The first kappa shape index (κ1) is 12.9. The van der Waals surface area contributed by atoms with E-state index in [0.717, 1.165) is 6.20 Å². The number of aryl methyl sites for hydroxylation is 1. The molecule has 0 aromatic carbocycles. The summed E-state index contributed by atoms with van der Waals surface area (Å²) >= 11 is 0. The van der Waals surface area contributed by atoms with Gasteiger partial charge in [-0.15, -0.1) is 0 Å². The van der Waals surface area contributed by atoms with Gasteiger partial charge in [0.15, 0.2) is 0 Å². The normalized spacial score (nSPS) is 10.2. The summed E-state index contributed by atoms with van der Waals surface area (Å²) in [5, 5.41) is 0. The second-order valence-electron chi connectivity index (χ2n) is 3.99. The molecule has 0 unspecified atom stereocenters. The molecular weight excluding hydrogens is 249 g/mol. The molecule has 2 heterocycles. The maximum atomic E-state index is 12.9. The van der Waals surface area contributed by atoms with E-state index >= 15 is 0 Å². The van der Waals surface area contributed by atoms with Crippen LogP contribution in [0.2, 0.25) is 0 Å². The molecule has 0 aliphatic rings. The lowest BCUT2D eigenvalue weighted by Crippen LogP contribution is -2.09. The third-order valence-corrected chi connectivity index (χ3v) is 2.46. The van der Waals surface area contributed by atoms with Gasteiger partial charge in [0, 0.05) is 11.8 Å². The van der Waals surface area contributed by atoms with Crippen molar-refractivity contribution in [3.63, 3.8) is 0 Å². The van der Waals surface area contributed by atoms with E-state index in [1.165, 1.54) is 24.5 Å². The third-order valence-electron chi connectivity index (χ3n) is 2.46. The first-order valence-corrected chi connectivity index (χ1v) is 5.55. The summed E-state index contributed by atoms with van der Waals surface area (Å²) in [6.45, 7) is 1.62. The van der Waals surface area contributed by atoms with Crippen molar-refractivity contribution in [3.05, 3.63) is 53.4 Å². The van der Waals surface area contributed by atoms with E-state index in [1.807, 2.05) is 0 Å². The monoisotopic (exact) mass is 261 g/mol. The van der Waals surface area contributed by atoms with Crippen molar-refractivity contribution in [2.75, 3.05) is 5.73 Å². The van der Waals surface area contributed by atoms with Crippen LogP contribution in [-0.4, -0.2) is 15.9 Å². The van der Waals surface area contributed by atoms with Crippen LogP contribution in [0.15, 0.2) is 30.7 Å². The van der Waals surface area contributed by atoms with Crippen LogP contribution in [0.25, 0.3) is 0 Å². The van der Waals surface area contributed by atoms with E-state index in [2.05, 4.69) is 9.97 Å². The van der Waals surface area contributed by atoms with E-state index in [4.69, 9.17) is 10.5 Å². The Morgan fingerprint density at radius 2 is 2.16 bits per heavy atom. The second-order valence-corrected chi connectivity index (χ2v) is 3.99. The molecule has 2 aromatic rings. The van der Waals surface area contributed by atoms with E-state index in [9.17, 15) is 9.18 Å². The molecule has 0 amide bonds. The summed E-state index contributed by atoms with van der Waals surface area (Å²) in [4.78, 5) is 19.5. The average Bonchev–Trinajstić information content (AvgIpc) is 2.39. The number of pyridine rings is 2.